The lowest BCUT2D eigenvalue weighted by Gasteiger charge is -2.19. The largest absolute Gasteiger partial charge is 0.289 e. The standard InChI is InChI=1S/C14H14O2S/c1-3-17-9(2)12-8-13(15)10-6-4-5-7-11(10)14(12)16/h4-9H,3H2,1-2H3. The summed E-state index contributed by atoms with van der Waals surface area (Å²) in [7, 11) is 0. The summed E-state index contributed by atoms with van der Waals surface area (Å²) < 4.78 is 0. The zero-order chi connectivity index (χ0) is 12.4. The number of fused-ring (bicyclic) bond motifs is 1. The Morgan fingerprint density at radius 2 is 1.82 bits per heavy atom. The molecule has 0 spiro atoms. The first kappa shape index (κ1) is 12.1. The van der Waals surface area contributed by atoms with Crippen molar-refractivity contribution >= 4 is 23.3 Å². The van der Waals surface area contributed by atoms with Gasteiger partial charge in [0.2, 0.25) is 0 Å². The number of ketones is 2. The van der Waals surface area contributed by atoms with E-state index in [1.807, 2.05) is 13.8 Å². The van der Waals surface area contributed by atoms with Crippen LogP contribution in [0.25, 0.3) is 0 Å². The van der Waals surface area contributed by atoms with Crippen LogP contribution in [0, 0.1) is 0 Å². The van der Waals surface area contributed by atoms with Gasteiger partial charge in [-0.2, -0.15) is 11.8 Å². The number of hydrogen-bond donors (Lipinski definition) is 0. The van der Waals surface area contributed by atoms with Gasteiger partial charge in [0, 0.05) is 21.9 Å². The maximum Gasteiger partial charge on any atom is 0.191 e. The van der Waals surface area contributed by atoms with E-state index in [0.29, 0.717) is 16.7 Å². The second kappa shape index (κ2) is 4.88. The lowest BCUT2D eigenvalue weighted by atomic mass is 9.88. The fraction of sp³-hybridized carbons (Fsp3) is 0.286. The Labute approximate surface area is 105 Å². The molecule has 2 rings (SSSR count). The lowest BCUT2D eigenvalue weighted by molar-refractivity contribution is 0.0982. The number of allylic oxidation sites excluding steroid dienone is 1. The summed E-state index contributed by atoms with van der Waals surface area (Å²) in [5.74, 6) is 0.870. The third kappa shape index (κ3) is 2.20. The number of thioether (sulfide) groups is 1. The zero-order valence-corrected chi connectivity index (χ0v) is 10.7. The van der Waals surface area contributed by atoms with Crippen LogP contribution in [0.3, 0.4) is 0 Å². The van der Waals surface area contributed by atoms with Crippen molar-refractivity contribution in [2.45, 2.75) is 19.1 Å². The van der Waals surface area contributed by atoms with E-state index in [9.17, 15) is 9.59 Å². The topological polar surface area (TPSA) is 34.1 Å². The Hall–Kier alpha value is -1.35. The quantitative estimate of drug-likeness (QED) is 0.821. The molecule has 0 N–H and O–H groups in total. The van der Waals surface area contributed by atoms with Crippen molar-refractivity contribution in [2.75, 3.05) is 5.75 Å². The molecule has 0 fully saturated rings. The summed E-state index contributed by atoms with van der Waals surface area (Å²) in [5, 5.41) is 0.0739. The van der Waals surface area contributed by atoms with Gasteiger partial charge in [0.25, 0.3) is 0 Å². The molecule has 0 bridgehead atoms. The summed E-state index contributed by atoms with van der Waals surface area (Å²) in [6.45, 7) is 4.02. The number of carbonyl (C=O) groups excluding carboxylic acids is 2. The van der Waals surface area contributed by atoms with E-state index in [-0.39, 0.29) is 16.8 Å². The van der Waals surface area contributed by atoms with Gasteiger partial charge in [-0.25, -0.2) is 0 Å². The molecule has 17 heavy (non-hydrogen) atoms. The fourth-order valence-corrected chi connectivity index (χ4v) is 2.83. The number of rotatable bonds is 3. The molecule has 1 atom stereocenters. The Kier molecular flexibility index (Phi) is 3.48. The molecule has 0 heterocycles. The van der Waals surface area contributed by atoms with Crippen LogP contribution in [-0.4, -0.2) is 22.6 Å². The average Bonchev–Trinajstić information content (AvgIpc) is 2.34. The normalized spacial score (nSPS) is 16.5. The van der Waals surface area contributed by atoms with Crippen molar-refractivity contribution in [3.8, 4) is 0 Å². The Morgan fingerprint density at radius 1 is 1.18 bits per heavy atom. The van der Waals surface area contributed by atoms with E-state index in [0.717, 1.165) is 5.75 Å². The van der Waals surface area contributed by atoms with Crippen molar-refractivity contribution in [2.24, 2.45) is 0 Å². The van der Waals surface area contributed by atoms with E-state index in [1.165, 1.54) is 6.08 Å². The highest BCUT2D eigenvalue weighted by atomic mass is 32.2. The van der Waals surface area contributed by atoms with Crippen molar-refractivity contribution in [3.05, 3.63) is 47.0 Å². The summed E-state index contributed by atoms with van der Waals surface area (Å²) in [6.07, 6.45) is 1.50. The van der Waals surface area contributed by atoms with Crippen LogP contribution in [-0.2, 0) is 0 Å². The van der Waals surface area contributed by atoms with Gasteiger partial charge in [-0.1, -0.05) is 31.2 Å². The van der Waals surface area contributed by atoms with E-state index >= 15 is 0 Å². The minimum absolute atomic E-state index is 0.00588. The van der Waals surface area contributed by atoms with Gasteiger partial charge in [-0.15, -0.1) is 0 Å². The SMILES string of the molecule is CCSC(C)C1=CC(=O)c2ccccc2C1=O. The maximum absolute atomic E-state index is 12.2. The van der Waals surface area contributed by atoms with E-state index in [4.69, 9.17) is 0 Å². The molecule has 0 aromatic heterocycles. The van der Waals surface area contributed by atoms with Crippen molar-refractivity contribution in [3.63, 3.8) is 0 Å². The van der Waals surface area contributed by atoms with Crippen molar-refractivity contribution in [1.82, 2.24) is 0 Å². The number of Topliss-reactive ketones (excluding diaryl/α,β-unsaturated/α-hetero) is 1. The van der Waals surface area contributed by atoms with Gasteiger partial charge in [0.05, 0.1) is 0 Å². The second-order valence-electron chi connectivity index (χ2n) is 3.94. The molecular weight excluding hydrogens is 232 g/mol. The smallest absolute Gasteiger partial charge is 0.191 e. The monoisotopic (exact) mass is 246 g/mol. The highest BCUT2D eigenvalue weighted by molar-refractivity contribution is 8.00. The molecule has 1 unspecified atom stereocenters. The van der Waals surface area contributed by atoms with Gasteiger partial charge in [0.15, 0.2) is 11.6 Å². The van der Waals surface area contributed by atoms with E-state index in [1.54, 1.807) is 36.0 Å². The summed E-state index contributed by atoms with van der Waals surface area (Å²) >= 11 is 1.68. The molecule has 1 aliphatic rings. The lowest BCUT2D eigenvalue weighted by Crippen LogP contribution is -2.22. The third-order valence-corrected chi connectivity index (χ3v) is 3.93. The molecule has 1 aromatic rings. The van der Waals surface area contributed by atoms with Crippen LogP contribution in [0.15, 0.2) is 35.9 Å². The minimum atomic E-state index is -0.0567. The molecule has 0 saturated heterocycles. The summed E-state index contributed by atoms with van der Waals surface area (Å²) in [6, 6.07) is 7.02. The molecule has 1 aliphatic carbocycles. The van der Waals surface area contributed by atoms with Crippen molar-refractivity contribution < 1.29 is 9.59 Å². The van der Waals surface area contributed by atoms with Crippen LogP contribution in [0.2, 0.25) is 0 Å². The predicted octanol–water partition coefficient (Wildman–Crippen LogP) is 3.13. The van der Waals surface area contributed by atoms with E-state index < -0.39 is 0 Å². The molecule has 88 valence electrons. The fourth-order valence-electron chi connectivity index (χ4n) is 1.98. The predicted molar refractivity (Wildman–Crippen MR) is 70.8 cm³/mol. The first-order valence-electron chi connectivity index (χ1n) is 5.66. The van der Waals surface area contributed by atoms with Crippen LogP contribution in [0.5, 0.6) is 0 Å². The zero-order valence-electron chi connectivity index (χ0n) is 9.90. The van der Waals surface area contributed by atoms with Gasteiger partial charge in [-0.05, 0) is 18.8 Å². The number of hydrogen-bond acceptors (Lipinski definition) is 3. The molecule has 1 aromatic carbocycles. The molecule has 2 nitrogen and oxygen atoms in total. The first-order valence-corrected chi connectivity index (χ1v) is 6.71. The van der Waals surface area contributed by atoms with Crippen molar-refractivity contribution in [1.29, 1.82) is 0 Å². The Morgan fingerprint density at radius 3 is 2.47 bits per heavy atom. The van der Waals surface area contributed by atoms with Crippen LogP contribution in [0.4, 0.5) is 0 Å². The molecule has 0 aliphatic heterocycles. The van der Waals surface area contributed by atoms with Gasteiger partial charge in [0.1, 0.15) is 0 Å². The highest BCUT2D eigenvalue weighted by Gasteiger charge is 2.27. The molecule has 0 radical (unpaired) electrons. The molecule has 0 amide bonds. The van der Waals surface area contributed by atoms with Gasteiger partial charge >= 0.3 is 0 Å². The number of benzene rings is 1. The highest BCUT2D eigenvalue weighted by Crippen LogP contribution is 2.28. The molecule has 0 saturated carbocycles. The molecule has 3 heteroatoms. The van der Waals surface area contributed by atoms with Crippen LogP contribution >= 0.6 is 11.8 Å². The van der Waals surface area contributed by atoms with Crippen LogP contribution in [0.1, 0.15) is 34.6 Å². The first-order chi connectivity index (χ1) is 8.15. The van der Waals surface area contributed by atoms with Crippen LogP contribution < -0.4 is 0 Å². The Bertz CT molecular complexity index is 503. The maximum atomic E-state index is 12.2. The summed E-state index contributed by atoms with van der Waals surface area (Å²) in [4.78, 5) is 24.2. The average molecular weight is 246 g/mol. The summed E-state index contributed by atoms with van der Waals surface area (Å²) in [5.41, 5.74) is 1.69. The van der Waals surface area contributed by atoms with Gasteiger partial charge in [-0.3, -0.25) is 9.59 Å². The minimum Gasteiger partial charge on any atom is -0.289 e. The van der Waals surface area contributed by atoms with Gasteiger partial charge < -0.3 is 0 Å². The Balaban J connectivity index is 2.41. The second-order valence-corrected chi connectivity index (χ2v) is 5.55. The van der Waals surface area contributed by atoms with E-state index in [2.05, 4.69) is 0 Å². The molecular formula is C14H14O2S. The third-order valence-electron chi connectivity index (χ3n) is 2.84. The number of carbonyl (C=O) groups is 2.